The molecule has 170 valence electrons. The predicted octanol–water partition coefficient (Wildman–Crippen LogP) is 7.94. The van der Waals surface area contributed by atoms with Gasteiger partial charge in [-0.1, -0.05) is 72.6 Å². The van der Waals surface area contributed by atoms with Gasteiger partial charge >= 0.3 is 0 Å². The van der Waals surface area contributed by atoms with E-state index >= 15 is 0 Å². The van der Waals surface area contributed by atoms with Gasteiger partial charge in [-0.2, -0.15) is 0 Å². The average molecular weight is 507 g/mol. The van der Waals surface area contributed by atoms with Gasteiger partial charge in [-0.05, 0) is 59.3 Å². The minimum atomic E-state index is -0.345. The zero-order valence-electron chi connectivity index (χ0n) is 18.2. The maximum absolute atomic E-state index is 13.9. The Morgan fingerprint density at radius 2 is 1.29 bits per heavy atom. The maximum Gasteiger partial charge on any atom is 0.197 e. The van der Waals surface area contributed by atoms with E-state index in [-0.39, 0.29) is 22.9 Å². The van der Waals surface area contributed by atoms with Gasteiger partial charge in [0.15, 0.2) is 11.6 Å². The summed E-state index contributed by atoms with van der Waals surface area (Å²) in [6.07, 6.45) is 0. The summed E-state index contributed by atoms with van der Waals surface area (Å²) in [5.74, 6) is -0.191. The lowest BCUT2D eigenvalue weighted by atomic mass is 9.89. The minimum absolute atomic E-state index is 0.119. The average Bonchev–Trinajstić information content (AvgIpc) is 2.85. The van der Waals surface area contributed by atoms with Crippen LogP contribution in [-0.2, 0) is 0 Å². The van der Waals surface area contributed by atoms with Crippen molar-refractivity contribution < 1.29 is 14.7 Å². The number of carbonyl (C=O) groups excluding carboxylic acids is 2. The number of halogens is 2. The topological polar surface area (TPSA) is 54.4 Å². The molecule has 4 aromatic rings. The summed E-state index contributed by atoms with van der Waals surface area (Å²) in [6.45, 7) is 1.93. The maximum atomic E-state index is 13.9. The van der Waals surface area contributed by atoms with Crippen molar-refractivity contribution in [3.05, 3.63) is 117 Å². The third kappa shape index (κ3) is 4.90. The lowest BCUT2D eigenvalue weighted by Crippen LogP contribution is -2.12. The molecule has 0 bridgehead atoms. The number of hydrogen-bond acceptors (Lipinski definition) is 4. The largest absolute Gasteiger partial charge is 0.507 e. The Morgan fingerprint density at radius 1 is 0.765 bits per heavy atom. The zero-order valence-corrected chi connectivity index (χ0v) is 20.5. The SMILES string of the molecule is CCSc1c(C(=O)c2ccccc2)c(O)cc(-c2ccc(Cl)cc2)c1C(=O)c1ccc(Cl)cc1. The third-order valence-electron chi connectivity index (χ3n) is 5.30. The molecule has 0 fully saturated rings. The van der Waals surface area contributed by atoms with Crippen LogP contribution in [0.1, 0.15) is 38.8 Å². The molecule has 0 spiro atoms. The van der Waals surface area contributed by atoms with Gasteiger partial charge in [0.1, 0.15) is 5.75 Å². The van der Waals surface area contributed by atoms with Gasteiger partial charge in [0.05, 0.1) is 5.56 Å². The molecule has 0 aliphatic carbocycles. The van der Waals surface area contributed by atoms with Gasteiger partial charge < -0.3 is 5.11 Å². The molecule has 0 unspecified atom stereocenters. The fourth-order valence-electron chi connectivity index (χ4n) is 3.71. The van der Waals surface area contributed by atoms with Gasteiger partial charge in [0.2, 0.25) is 0 Å². The number of carbonyl (C=O) groups is 2. The summed E-state index contributed by atoms with van der Waals surface area (Å²) in [4.78, 5) is 27.8. The van der Waals surface area contributed by atoms with E-state index in [9.17, 15) is 14.7 Å². The molecule has 0 radical (unpaired) electrons. The summed E-state index contributed by atoms with van der Waals surface area (Å²) >= 11 is 13.5. The molecular weight excluding hydrogens is 487 g/mol. The standard InChI is InChI=1S/C28H20Cl2O3S/c1-2-34-28-24(26(32)19-10-14-21(30)15-11-19)22(17-8-12-20(29)13-9-17)16-23(31)25(28)27(33)18-6-4-3-5-7-18/h3-16,31H,2H2,1H3. The van der Waals surface area contributed by atoms with Crippen LogP contribution in [0.25, 0.3) is 11.1 Å². The van der Waals surface area contributed by atoms with E-state index in [1.165, 1.54) is 17.8 Å². The number of thioether (sulfide) groups is 1. The normalized spacial score (nSPS) is 10.8. The first-order valence-electron chi connectivity index (χ1n) is 10.6. The monoisotopic (exact) mass is 506 g/mol. The summed E-state index contributed by atoms with van der Waals surface area (Å²) in [5.41, 5.74) is 2.56. The Morgan fingerprint density at radius 3 is 1.88 bits per heavy atom. The van der Waals surface area contributed by atoms with E-state index < -0.39 is 0 Å². The minimum Gasteiger partial charge on any atom is -0.507 e. The molecule has 4 aromatic carbocycles. The van der Waals surface area contributed by atoms with Gasteiger partial charge in [-0.15, -0.1) is 11.8 Å². The second-order valence-electron chi connectivity index (χ2n) is 7.49. The second-order valence-corrected chi connectivity index (χ2v) is 9.64. The highest BCUT2D eigenvalue weighted by molar-refractivity contribution is 7.99. The Labute approximate surface area is 212 Å². The molecule has 4 rings (SSSR count). The lowest BCUT2D eigenvalue weighted by Gasteiger charge is -2.19. The molecular formula is C28H20Cl2O3S. The number of aromatic hydroxyl groups is 1. The van der Waals surface area contributed by atoms with E-state index in [0.717, 1.165) is 0 Å². The molecule has 0 aliphatic rings. The van der Waals surface area contributed by atoms with E-state index in [1.54, 1.807) is 72.8 Å². The quantitative estimate of drug-likeness (QED) is 0.204. The first-order valence-corrected chi connectivity index (χ1v) is 12.3. The molecule has 1 N–H and O–H groups in total. The number of phenols is 1. The molecule has 34 heavy (non-hydrogen) atoms. The van der Waals surface area contributed by atoms with Crippen molar-refractivity contribution >= 4 is 46.5 Å². The Kier molecular flexibility index (Phi) is 7.42. The van der Waals surface area contributed by atoms with Gasteiger partial charge in [-0.25, -0.2) is 0 Å². The predicted molar refractivity (Wildman–Crippen MR) is 140 cm³/mol. The fourth-order valence-corrected chi connectivity index (χ4v) is 4.94. The second kappa shape index (κ2) is 10.5. The molecule has 6 heteroatoms. The Bertz CT molecular complexity index is 1350. The van der Waals surface area contributed by atoms with Crippen LogP contribution >= 0.6 is 35.0 Å². The molecule has 0 heterocycles. The first kappa shape index (κ1) is 24.1. The first-order chi connectivity index (χ1) is 16.4. The summed E-state index contributed by atoms with van der Waals surface area (Å²) in [7, 11) is 0. The molecule has 3 nitrogen and oxygen atoms in total. The van der Waals surface area contributed by atoms with Gasteiger partial charge in [-0.3, -0.25) is 9.59 Å². The Hall–Kier alpha value is -3.05. The molecule has 0 saturated heterocycles. The lowest BCUT2D eigenvalue weighted by molar-refractivity contribution is 0.103. The van der Waals surface area contributed by atoms with E-state index in [4.69, 9.17) is 23.2 Å². The van der Waals surface area contributed by atoms with Crippen LogP contribution < -0.4 is 0 Å². The molecule has 0 saturated carbocycles. The van der Waals surface area contributed by atoms with Crippen molar-refractivity contribution in [3.8, 4) is 16.9 Å². The van der Waals surface area contributed by atoms with E-state index in [0.29, 0.717) is 48.5 Å². The van der Waals surface area contributed by atoms with Crippen LogP contribution in [0, 0.1) is 0 Å². The number of ketones is 2. The molecule has 0 amide bonds. The van der Waals surface area contributed by atoms with Crippen LogP contribution in [0.5, 0.6) is 5.75 Å². The number of benzene rings is 4. The zero-order chi connectivity index (χ0) is 24.2. The van der Waals surface area contributed by atoms with E-state index in [1.807, 2.05) is 13.0 Å². The highest BCUT2D eigenvalue weighted by atomic mass is 35.5. The van der Waals surface area contributed by atoms with Crippen molar-refractivity contribution in [3.63, 3.8) is 0 Å². The van der Waals surface area contributed by atoms with Gasteiger partial charge in [0.25, 0.3) is 0 Å². The summed E-state index contributed by atoms with van der Waals surface area (Å²) in [5, 5.41) is 12.1. The number of phenolic OH excluding ortho intramolecular Hbond substituents is 1. The van der Waals surface area contributed by atoms with Crippen LogP contribution in [0.15, 0.2) is 89.8 Å². The molecule has 0 aromatic heterocycles. The molecule has 0 aliphatic heterocycles. The van der Waals surface area contributed by atoms with Crippen molar-refractivity contribution in [2.75, 3.05) is 5.75 Å². The van der Waals surface area contributed by atoms with Crippen LogP contribution in [0.2, 0.25) is 10.0 Å². The number of rotatable bonds is 7. The third-order valence-corrected chi connectivity index (χ3v) is 6.79. The molecule has 0 atom stereocenters. The van der Waals surface area contributed by atoms with E-state index in [2.05, 4.69) is 0 Å². The number of hydrogen-bond donors (Lipinski definition) is 1. The van der Waals surface area contributed by atoms with Crippen LogP contribution in [0.4, 0.5) is 0 Å². The Balaban J connectivity index is 2.02. The van der Waals surface area contributed by atoms with Crippen molar-refractivity contribution in [1.82, 2.24) is 0 Å². The summed E-state index contributed by atoms with van der Waals surface area (Å²) < 4.78 is 0. The van der Waals surface area contributed by atoms with Crippen LogP contribution in [-0.4, -0.2) is 22.4 Å². The van der Waals surface area contributed by atoms with Crippen LogP contribution in [0.3, 0.4) is 0 Å². The van der Waals surface area contributed by atoms with Crippen molar-refractivity contribution in [2.24, 2.45) is 0 Å². The summed E-state index contributed by atoms with van der Waals surface area (Å²) in [6, 6.07) is 23.8. The highest BCUT2D eigenvalue weighted by Crippen LogP contribution is 2.42. The smallest absolute Gasteiger partial charge is 0.197 e. The fraction of sp³-hybridized carbons (Fsp3) is 0.0714. The van der Waals surface area contributed by atoms with Crippen molar-refractivity contribution in [2.45, 2.75) is 11.8 Å². The van der Waals surface area contributed by atoms with Crippen molar-refractivity contribution in [1.29, 1.82) is 0 Å². The highest BCUT2D eigenvalue weighted by Gasteiger charge is 2.28. The van der Waals surface area contributed by atoms with Gasteiger partial charge in [0, 0.05) is 31.6 Å².